The molecule has 0 spiro atoms. The number of benzene rings is 2. The van der Waals surface area contributed by atoms with Crippen LogP contribution in [0.3, 0.4) is 0 Å². The zero-order valence-corrected chi connectivity index (χ0v) is 16.3. The molecule has 2 aromatic carbocycles. The third-order valence-electron chi connectivity index (χ3n) is 3.77. The fraction of sp³-hybridized carbons (Fsp3) is 0.263. The molecule has 0 fully saturated rings. The summed E-state index contributed by atoms with van der Waals surface area (Å²) in [5.41, 5.74) is 0.984. The maximum atomic E-state index is 5.86. The number of thioether (sulfide) groups is 1. The van der Waals surface area contributed by atoms with Crippen LogP contribution in [0.2, 0.25) is 5.02 Å². The van der Waals surface area contributed by atoms with Gasteiger partial charge in [0.05, 0.1) is 13.7 Å². The van der Waals surface area contributed by atoms with Crippen LogP contribution in [-0.2, 0) is 7.05 Å². The van der Waals surface area contributed by atoms with E-state index in [4.69, 9.17) is 21.1 Å². The Morgan fingerprint density at radius 2 is 1.88 bits per heavy atom. The largest absolute Gasteiger partial charge is 0.497 e. The van der Waals surface area contributed by atoms with Gasteiger partial charge in [0, 0.05) is 23.4 Å². The molecule has 1 aromatic heterocycles. The van der Waals surface area contributed by atoms with Gasteiger partial charge in [0.2, 0.25) is 0 Å². The van der Waals surface area contributed by atoms with Gasteiger partial charge in [-0.25, -0.2) is 0 Å². The number of rotatable bonds is 8. The van der Waals surface area contributed by atoms with Crippen LogP contribution in [0.5, 0.6) is 11.5 Å². The van der Waals surface area contributed by atoms with E-state index in [9.17, 15) is 0 Å². The van der Waals surface area contributed by atoms with E-state index in [1.54, 1.807) is 18.9 Å². The molecule has 3 rings (SSSR count). The second-order valence-electron chi connectivity index (χ2n) is 5.60. The first-order valence-corrected chi connectivity index (χ1v) is 9.58. The minimum atomic E-state index is 0.648. The van der Waals surface area contributed by atoms with Crippen LogP contribution in [0.15, 0.2) is 53.7 Å². The van der Waals surface area contributed by atoms with Crippen molar-refractivity contribution in [1.82, 2.24) is 14.8 Å². The number of methoxy groups -OCH3 is 1. The molecule has 0 amide bonds. The summed E-state index contributed by atoms with van der Waals surface area (Å²) in [6.07, 6.45) is 0.911. The maximum Gasteiger partial charge on any atom is 0.191 e. The van der Waals surface area contributed by atoms with E-state index in [0.717, 1.165) is 40.2 Å². The Bertz CT molecular complexity index is 852. The highest BCUT2D eigenvalue weighted by molar-refractivity contribution is 7.99. The van der Waals surface area contributed by atoms with Crippen molar-refractivity contribution in [2.24, 2.45) is 7.05 Å². The lowest BCUT2D eigenvalue weighted by atomic mass is 10.2. The molecule has 0 saturated carbocycles. The average Bonchev–Trinajstić information content (AvgIpc) is 3.03. The number of hydrogen-bond acceptors (Lipinski definition) is 5. The van der Waals surface area contributed by atoms with Crippen LogP contribution in [0.4, 0.5) is 0 Å². The number of nitrogens with zero attached hydrogens (tertiary/aromatic N) is 3. The Kier molecular flexibility index (Phi) is 6.41. The van der Waals surface area contributed by atoms with Crippen LogP contribution in [0, 0.1) is 0 Å². The molecule has 7 heteroatoms. The number of ether oxygens (including phenoxy) is 2. The summed E-state index contributed by atoms with van der Waals surface area (Å²) in [5, 5.41) is 10.2. The van der Waals surface area contributed by atoms with Gasteiger partial charge in [-0.05, 0) is 42.8 Å². The predicted octanol–water partition coefficient (Wildman–Crippen LogP) is 4.71. The van der Waals surface area contributed by atoms with Gasteiger partial charge in [-0.2, -0.15) is 0 Å². The highest BCUT2D eigenvalue weighted by Crippen LogP contribution is 2.25. The van der Waals surface area contributed by atoms with Gasteiger partial charge in [0.1, 0.15) is 11.5 Å². The third-order valence-corrected chi connectivity index (χ3v) is 5.12. The van der Waals surface area contributed by atoms with Crippen molar-refractivity contribution in [2.45, 2.75) is 11.6 Å². The van der Waals surface area contributed by atoms with Gasteiger partial charge < -0.3 is 14.0 Å². The van der Waals surface area contributed by atoms with E-state index < -0.39 is 0 Å². The smallest absolute Gasteiger partial charge is 0.191 e. The van der Waals surface area contributed by atoms with E-state index in [1.807, 2.05) is 60.1 Å². The lowest BCUT2D eigenvalue weighted by Crippen LogP contribution is -2.00. The molecule has 0 atom stereocenters. The minimum absolute atomic E-state index is 0.648. The van der Waals surface area contributed by atoms with Gasteiger partial charge in [0.25, 0.3) is 0 Å². The summed E-state index contributed by atoms with van der Waals surface area (Å²) < 4.78 is 13.0. The molecule has 26 heavy (non-hydrogen) atoms. The Labute approximate surface area is 162 Å². The van der Waals surface area contributed by atoms with Crippen molar-refractivity contribution in [3.8, 4) is 22.9 Å². The molecule has 1 heterocycles. The van der Waals surface area contributed by atoms with Gasteiger partial charge in [-0.3, -0.25) is 0 Å². The van der Waals surface area contributed by atoms with E-state index in [-0.39, 0.29) is 0 Å². The molecule has 0 unspecified atom stereocenters. The molecule has 136 valence electrons. The first-order chi connectivity index (χ1) is 12.7. The fourth-order valence-corrected chi connectivity index (χ4v) is 3.35. The lowest BCUT2D eigenvalue weighted by Gasteiger charge is -2.07. The second kappa shape index (κ2) is 8.96. The molecule has 5 nitrogen and oxygen atoms in total. The van der Waals surface area contributed by atoms with E-state index >= 15 is 0 Å². The molecule has 0 aliphatic rings. The van der Waals surface area contributed by atoms with Crippen molar-refractivity contribution in [3.63, 3.8) is 0 Å². The topological polar surface area (TPSA) is 49.2 Å². The van der Waals surface area contributed by atoms with Crippen molar-refractivity contribution in [1.29, 1.82) is 0 Å². The Hall–Kier alpha value is -2.18. The van der Waals surface area contributed by atoms with E-state index in [1.165, 1.54) is 0 Å². The molecule has 0 N–H and O–H groups in total. The van der Waals surface area contributed by atoms with Crippen molar-refractivity contribution in [2.75, 3.05) is 19.5 Å². The second-order valence-corrected chi connectivity index (χ2v) is 7.10. The van der Waals surface area contributed by atoms with Crippen LogP contribution in [-0.4, -0.2) is 34.2 Å². The molecule has 0 aliphatic carbocycles. The molecule has 0 saturated heterocycles. The minimum Gasteiger partial charge on any atom is -0.497 e. The zero-order valence-electron chi connectivity index (χ0n) is 14.7. The van der Waals surface area contributed by atoms with E-state index in [0.29, 0.717) is 11.6 Å². The Morgan fingerprint density at radius 3 is 2.65 bits per heavy atom. The summed E-state index contributed by atoms with van der Waals surface area (Å²) in [6.45, 7) is 0.648. The summed E-state index contributed by atoms with van der Waals surface area (Å²) in [7, 11) is 3.63. The summed E-state index contributed by atoms with van der Waals surface area (Å²) in [5.74, 6) is 3.36. The standard InChI is InChI=1S/C19H20ClN3O2S/c1-23-18(14-5-3-6-17(13-14)24-2)21-22-19(23)26-12-4-11-25-16-9-7-15(20)8-10-16/h3,5-10,13H,4,11-12H2,1-2H3. The highest BCUT2D eigenvalue weighted by atomic mass is 35.5. The lowest BCUT2D eigenvalue weighted by molar-refractivity contribution is 0.318. The summed E-state index contributed by atoms with van der Waals surface area (Å²) in [6, 6.07) is 15.2. The molecule has 0 aliphatic heterocycles. The monoisotopic (exact) mass is 389 g/mol. The number of halogens is 1. The maximum absolute atomic E-state index is 5.86. The first-order valence-electron chi connectivity index (χ1n) is 8.22. The third kappa shape index (κ3) is 4.71. The SMILES string of the molecule is COc1cccc(-c2nnc(SCCCOc3ccc(Cl)cc3)n2C)c1. The molecule has 3 aromatic rings. The Balaban J connectivity index is 1.51. The molecule has 0 bridgehead atoms. The van der Waals surface area contributed by atoms with Gasteiger partial charge >= 0.3 is 0 Å². The highest BCUT2D eigenvalue weighted by Gasteiger charge is 2.11. The molecular formula is C19H20ClN3O2S. The van der Waals surface area contributed by atoms with Gasteiger partial charge in [-0.15, -0.1) is 10.2 Å². The number of aromatic nitrogens is 3. The van der Waals surface area contributed by atoms with E-state index in [2.05, 4.69) is 10.2 Å². The first kappa shape index (κ1) is 18.6. The van der Waals surface area contributed by atoms with Crippen LogP contribution < -0.4 is 9.47 Å². The van der Waals surface area contributed by atoms with Gasteiger partial charge in [0.15, 0.2) is 11.0 Å². The summed E-state index contributed by atoms with van der Waals surface area (Å²) >= 11 is 7.53. The molecule has 0 radical (unpaired) electrons. The van der Waals surface area contributed by atoms with Crippen LogP contribution >= 0.6 is 23.4 Å². The average molecular weight is 390 g/mol. The normalized spacial score (nSPS) is 10.7. The number of hydrogen-bond donors (Lipinski definition) is 0. The van der Waals surface area contributed by atoms with Crippen molar-refractivity contribution < 1.29 is 9.47 Å². The molecular weight excluding hydrogens is 370 g/mol. The zero-order chi connectivity index (χ0) is 18.4. The van der Waals surface area contributed by atoms with Crippen molar-refractivity contribution >= 4 is 23.4 Å². The van der Waals surface area contributed by atoms with Crippen LogP contribution in [0.1, 0.15) is 6.42 Å². The quantitative estimate of drug-likeness (QED) is 0.412. The van der Waals surface area contributed by atoms with Gasteiger partial charge in [-0.1, -0.05) is 35.5 Å². The van der Waals surface area contributed by atoms with Crippen LogP contribution in [0.25, 0.3) is 11.4 Å². The fourth-order valence-electron chi connectivity index (χ4n) is 2.40. The Morgan fingerprint density at radius 1 is 1.08 bits per heavy atom. The van der Waals surface area contributed by atoms with Crippen molar-refractivity contribution in [3.05, 3.63) is 53.6 Å². The predicted molar refractivity (Wildman–Crippen MR) is 105 cm³/mol. The summed E-state index contributed by atoms with van der Waals surface area (Å²) in [4.78, 5) is 0.